The molecule has 1 aromatic heterocycles. The van der Waals surface area contributed by atoms with Crippen LogP contribution in [0.4, 0.5) is 0 Å². The number of halogens is 1. The molecule has 17 heavy (non-hydrogen) atoms. The van der Waals surface area contributed by atoms with Crippen molar-refractivity contribution in [3.63, 3.8) is 0 Å². The van der Waals surface area contributed by atoms with E-state index in [0.717, 1.165) is 10.7 Å². The molecule has 1 heterocycles. The van der Waals surface area contributed by atoms with Gasteiger partial charge in [-0.25, -0.2) is 0 Å². The Morgan fingerprint density at radius 3 is 2.82 bits per heavy atom. The largest absolute Gasteiger partial charge is 0.506 e. The molecule has 2 rings (SSSR count). The molecule has 5 nitrogen and oxygen atoms in total. The summed E-state index contributed by atoms with van der Waals surface area (Å²) in [7, 11) is 1.48. The standard InChI is InChI=1S/C11H9ClN2O3/c1-17-10-3-2-7(12)4-9(10)14-11(16)5-8(15)6-13-14/h2-6,15H,1H3. The molecule has 88 valence electrons. The lowest BCUT2D eigenvalue weighted by Crippen LogP contribution is -2.19. The molecule has 0 amide bonds. The molecule has 0 fully saturated rings. The Morgan fingerprint density at radius 1 is 1.41 bits per heavy atom. The van der Waals surface area contributed by atoms with Crippen LogP contribution >= 0.6 is 11.6 Å². The van der Waals surface area contributed by atoms with Crippen molar-refractivity contribution in [2.75, 3.05) is 7.11 Å². The molecule has 0 unspecified atom stereocenters. The molecular formula is C11H9ClN2O3. The van der Waals surface area contributed by atoms with Crippen molar-refractivity contribution >= 4 is 11.6 Å². The summed E-state index contributed by atoms with van der Waals surface area (Å²) in [6.45, 7) is 0. The van der Waals surface area contributed by atoms with E-state index in [-0.39, 0.29) is 5.75 Å². The summed E-state index contributed by atoms with van der Waals surface area (Å²) in [6.07, 6.45) is 1.17. The lowest BCUT2D eigenvalue weighted by atomic mass is 10.3. The molecule has 1 aromatic carbocycles. The topological polar surface area (TPSA) is 64.3 Å². The van der Waals surface area contributed by atoms with Crippen molar-refractivity contribution in [2.24, 2.45) is 0 Å². The van der Waals surface area contributed by atoms with E-state index in [4.69, 9.17) is 21.4 Å². The minimum Gasteiger partial charge on any atom is -0.506 e. The third kappa shape index (κ3) is 2.24. The van der Waals surface area contributed by atoms with E-state index in [9.17, 15) is 4.79 Å². The zero-order valence-electron chi connectivity index (χ0n) is 8.92. The quantitative estimate of drug-likeness (QED) is 0.882. The monoisotopic (exact) mass is 252 g/mol. The van der Waals surface area contributed by atoms with Gasteiger partial charge in [0.1, 0.15) is 17.2 Å². The third-order valence-electron chi connectivity index (χ3n) is 2.15. The van der Waals surface area contributed by atoms with E-state index in [1.165, 1.54) is 13.3 Å². The van der Waals surface area contributed by atoms with Crippen molar-refractivity contribution in [3.8, 4) is 17.2 Å². The Morgan fingerprint density at radius 2 is 2.18 bits per heavy atom. The van der Waals surface area contributed by atoms with Crippen LogP contribution in [-0.2, 0) is 0 Å². The number of benzene rings is 1. The lowest BCUT2D eigenvalue weighted by Gasteiger charge is -2.09. The fourth-order valence-corrected chi connectivity index (χ4v) is 1.57. The Labute approximate surface area is 102 Å². The second-order valence-electron chi connectivity index (χ2n) is 3.28. The second-order valence-corrected chi connectivity index (χ2v) is 3.72. The molecule has 0 radical (unpaired) electrons. The van der Waals surface area contributed by atoms with Gasteiger partial charge in [0.05, 0.1) is 13.3 Å². The molecule has 0 spiro atoms. The first-order chi connectivity index (χ1) is 8.11. The number of ether oxygens (including phenoxy) is 1. The summed E-state index contributed by atoms with van der Waals surface area (Å²) >= 11 is 5.86. The molecule has 0 aliphatic rings. The van der Waals surface area contributed by atoms with Crippen LogP contribution in [0, 0.1) is 0 Å². The number of nitrogens with zero attached hydrogens (tertiary/aromatic N) is 2. The van der Waals surface area contributed by atoms with E-state index in [2.05, 4.69) is 5.10 Å². The zero-order valence-corrected chi connectivity index (χ0v) is 9.68. The van der Waals surface area contributed by atoms with Gasteiger partial charge in [0.2, 0.25) is 0 Å². The molecule has 2 aromatic rings. The van der Waals surface area contributed by atoms with Crippen LogP contribution in [0.1, 0.15) is 0 Å². The van der Waals surface area contributed by atoms with Gasteiger partial charge in [0, 0.05) is 11.1 Å². The average Bonchev–Trinajstić information content (AvgIpc) is 2.29. The van der Waals surface area contributed by atoms with Gasteiger partial charge in [0.25, 0.3) is 5.56 Å². The van der Waals surface area contributed by atoms with Crippen LogP contribution in [0.25, 0.3) is 5.69 Å². The van der Waals surface area contributed by atoms with E-state index in [1.54, 1.807) is 18.2 Å². The SMILES string of the molecule is COc1ccc(Cl)cc1-n1ncc(O)cc1=O. The smallest absolute Gasteiger partial charge is 0.275 e. The molecule has 0 aliphatic carbocycles. The maximum absolute atomic E-state index is 11.7. The average molecular weight is 253 g/mol. The van der Waals surface area contributed by atoms with Crippen molar-refractivity contribution < 1.29 is 9.84 Å². The number of aromatic hydroxyl groups is 1. The summed E-state index contributed by atoms with van der Waals surface area (Å²) < 4.78 is 6.22. The Balaban J connectivity index is 2.67. The van der Waals surface area contributed by atoms with Gasteiger partial charge in [-0.05, 0) is 18.2 Å². The number of rotatable bonds is 2. The highest BCUT2D eigenvalue weighted by Gasteiger charge is 2.09. The van der Waals surface area contributed by atoms with Crippen LogP contribution < -0.4 is 10.3 Å². The van der Waals surface area contributed by atoms with Crippen LogP contribution in [0.5, 0.6) is 11.5 Å². The highest BCUT2D eigenvalue weighted by atomic mass is 35.5. The molecule has 0 aliphatic heterocycles. The van der Waals surface area contributed by atoms with Crippen LogP contribution in [0.15, 0.2) is 35.3 Å². The Hall–Kier alpha value is -2.01. The molecular weight excluding hydrogens is 244 g/mol. The highest BCUT2D eigenvalue weighted by molar-refractivity contribution is 6.30. The van der Waals surface area contributed by atoms with E-state index in [1.807, 2.05) is 0 Å². The summed E-state index contributed by atoms with van der Waals surface area (Å²) in [6, 6.07) is 5.91. The van der Waals surface area contributed by atoms with E-state index in [0.29, 0.717) is 16.5 Å². The number of hydrogen-bond donors (Lipinski definition) is 1. The number of aromatic nitrogens is 2. The normalized spacial score (nSPS) is 10.2. The maximum Gasteiger partial charge on any atom is 0.275 e. The molecule has 1 N–H and O–H groups in total. The summed E-state index contributed by atoms with van der Waals surface area (Å²) in [5.74, 6) is 0.280. The van der Waals surface area contributed by atoms with Gasteiger partial charge in [0.15, 0.2) is 0 Å². The second kappa shape index (κ2) is 4.47. The third-order valence-corrected chi connectivity index (χ3v) is 2.39. The molecule has 0 bridgehead atoms. The number of methoxy groups -OCH3 is 1. The molecule has 0 saturated heterocycles. The molecule has 0 saturated carbocycles. The minimum atomic E-state index is -0.467. The maximum atomic E-state index is 11.7. The summed E-state index contributed by atoms with van der Waals surface area (Å²) in [4.78, 5) is 11.7. The fourth-order valence-electron chi connectivity index (χ4n) is 1.41. The lowest BCUT2D eigenvalue weighted by molar-refractivity contribution is 0.410. The van der Waals surface area contributed by atoms with E-state index < -0.39 is 5.56 Å². The summed E-state index contributed by atoms with van der Waals surface area (Å²) in [5, 5.41) is 13.4. The van der Waals surface area contributed by atoms with Gasteiger partial charge in [-0.2, -0.15) is 9.78 Å². The Bertz CT molecular complexity index is 610. The zero-order chi connectivity index (χ0) is 12.4. The first-order valence-electron chi connectivity index (χ1n) is 4.74. The van der Waals surface area contributed by atoms with Gasteiger partial charge >= 0.3 is 0 Å². The predicted molar refractivity (Wildman–Crippen MR) is 63.1 cm³/mol. The van der Waals surface area contributed by atoms with Crippen molar-refractivity contribution in [1.82, 2.24) is 9.78 Å². The molecule has 6 heteroatoms. The highest BCUT2D eigenvalue weighted by Crippen LogP contribution is 2.24. The fraction of sp³-hybridized carbons (Fsp3) is 0.0909. The van der Waals surface area contributed by atoms with Gasteiger partial charge in [-0.1, -0.05) is 11.6 Å². The Kier molecular flexibility index (Phi) is 3.01. The van der Waals surface area contributed by atoms with Gasteiger partial charge in [-0.15, -0.1) is 0 Å². The van der Waals surface area contributed by atoms with E-state index >= 15 is 0 Å². The van der Waals surface area contributed by atoms with Gasteiger partial charge < -0.3 is 9.84 Å². The van der Waals surface area contributed by atoms with Gasteiger partial charge in [-0.3, -0.25) is 4.79 Å². The van der Waals surface area contributed by atoms with Crippen LogP contribution in [0.2, 0.25) is 5.02 Å². The van der Waals surface area contributed by atoms with Crippen molar-refractivity contribution in [3.05, 3.63) is 45.8 Å². The first kappa shape index (κ1) is 11.5. The summed E-state index contributed by atoms with van der Waals surface area (Å²) in [5.41, 5.74) is -0.0458. The van der Waals surface area contributed by atoms with Crippen molar-refractivity contribution in [1.29, 1.82) is 0 Å². The minimum absolute atomic E-state index is 0.188. The number of hydrogen-bond acceptors (Lipinski definition) is 4. The molecule has 0 atom stereocenters. The van der Waals surface area contributed by atoms with Crippen LogP contribution in [-0.4, -0.2) is 22.0 Å². The first-order valence-corrected chi connectivity index (χ1v) is 5.12. The predicted octanol–water partition coefficient (Wildman–Crippen LogP) is 1.60. The van der Waals surface area contributed by atoms with Crippen molar-refractivity contribution in [2.45, 2.75) is 0 Å². The van der Waals surface area contributed by atoms with Crippen LogP contribution in [0.3, 0.4) is 0 Å².